The molecule has 0 amide bonds. The van der Waals surface area contributed by atoms with Crippen molar-refractivity contribution < 1.29 is 17.2 Å². The van der Waals surface area contributed by atoms with E-state index in [1.54, 1.807) is 12.1 Å². The fraction of sp³-hybridized carbons (Fsp3) is 0.143. The normalized spacial score (nSPS) is 14.0. The summed E-state index contributed by atoms with van der Waals surface area (Å²) >= 11 is 0. The first-order valence-corrected chi connectivity index (χ1v) is 7.74. The molecule has 0 unspecified atom stereocenters. The van der Waals surface area contributed by atoms with E-state index >= 15 is 0 Å². The summed E-state index contributed by atoms with van der Waals surface area (Å²) in [5, 5.41) is 3.11. The molecule has 110 valence electrons. The summed E-state index contributed by atoms with van der Waals surface area (Å²) < 4.78 is 53.0. The Labute approximate surface area is 120 Å². The van der Waals surface area contributed by atoms with Crippen LogP contribution < -0.4 is 10.0 Å². The van der Waals surface area contributed by atoms with E-state index in [1.807, 2.05) is 0 Å². The second-order valence-corrected chi connectivity index (χ2v) is 6.45. The van der Waals surface area contributed by atoms with Crippen LogP contribution in [0.1, 0.15) is 11.1 Å². The molecule has 3 rings (SSSR count). The molecular formula is C14H12F2N2O2S. The number of rotatable bonds is 3. The maximum Gasteiger partial charge on any atom is 0.261 e. The van der Waals surface area contributed by atoms with Crippen LogP contribution in [0.3, 0.4) is 0 Å². The van der Waals surface area contributed by atoms with Crippen LogP contribution in [0, 0.1) is 11.6 Å². The highest BCUT2D eigenvalue weighted by Gasteiger charge is 2.19. The smallest absolute Gasteiger partial charge is 0.261 e. The Kier molecular flexibility index (Phi) is 3.38. The van der Waals surface area contributed by atoms with E-state index in [2.05, 4.69) is 10.0 Å². The maximum absolute atomic E-state index is 13.5. The van der Waals surface area contributed by atoms with E-state index < -0.39 is 21.7 Å². The Bertz CT molecular complexity index is 807. The van der Waals surface area contributed by atoms with Crippen molar-refractivity contribution >= 4 is 15.7 Å². The number of fused-ring (bicyclic) bond motifs is 1. The summed E-state index contributed by atoms with van der Waals surface area (Å²) in [6, 6.07) is 7.43. The van der Waals surface area contributed by atoms with Crippen LogP contribution >= 0.6 is 0 Å². The zero-order valence-electron chi connectivity index (χ0n) is 10.9. The Morgan fingerprint density at radius 3 is 2.52 bits per heavy atom. The summed E-state index contributed by atoms with van der Waals surface area (Å²) in [7, 11) is -3.91. The Morgan fingerprint density at radius 1 is 1.00 bits per heavy atom. The molecular weight excluding hydrogens is 298 g/mol. The second kappa shape index (κ2) is 5.09. The van der Waals surface area contributed by atoms with Gasteiger partial charge in [0.1, 0.15) is 11.6 Å². The number of halogens is 2. The van der Waals surface area contributed by atoms with Gasteiger partial charge < -0.3 is 5.32 Å². The van der Waals surface area contributed by atoms with Gasteiger partial charge in [0, 0.05) is 19.2 Å². The van der Waals surface area contributed by atoms with Crippen LogP contribution in [0.15, 0.2) is 41.3 Å². The summed E-state index contributed by atoms with van der Waals surface area (Å²) in [5.74, 6) is -1.72. The van der Waals surface area contributed by atoms with Gasteiger partial charge >= 0.3 is 0 Å². The quantitative estimate of drug-likeness (QED) is 0.915. The van der Waals surface area contributed by atoms with Crippen LogP contribution in [-0.2, 0) is 23.1 Å². The third kappa shape index (κ3) is 2.74. The molecule has 0 bridgehead atoms. The SMILES string of the molecule is O=S(=O)(Nc1ccc(F)cc1F)c1ccc2c(c1)CNC2. The average Bonchev–Trinajstić information content (AvgIpc) is 2.89. The fourth-order valence-corrected chi connectivity index (χ4v) is 3.33. The first-order valence-electron chi connectivity index (χ1n) is 6.26. The average molecular weight is 310 g/mol. The first-order chi connectivity index (χ1) is 9.95. The lowest BCUT2D eigenvalue weighted by atomic mass is 10.1. The molecule has 2 aromatic carbocycles. The van der Waals surface area contributed by atoms with Crippen LogP contribution in [0.2, 0.25) is 0 Å². The minimum absolute atomic E-state index is 0.0497. The molecule has 4 nitrogen and oxygen atoms in total. The molecule has 1 aliphatic rings. The summed E-state index contributed by atoms with van der Waals surface area (Å²) in [6.07, 6.45) is 0. The van der Waals surface area contributed by atoms with Crippen LogP contribution in [0.25, 0.3) is 0 Å². The van der Waals surface area contributed by atoms with Gasteiger partial charge in [-0.05, 0) is 35.4 Å². The van der Waals surface area contributed by atoms with Gasteiger partial charge in [-0.15, -0.1) is 0 Å². The first kappa shape index (κ1) is 14.0. The Balaban J connectivity index is 1.93. The highest BCUT2D eigenvalue weighted by atomic mass is 32.2. The van der Waals surface area contributed by atoms with Crippen LogP contribution in [0.4, 0.5) is 14.5 Å². The van der Waals surface area contributed by atoms with E-state index in [0.29, 0.717) is 19.2 Å². The molecule has 0 radical (unpaired) electrons. The van der Waals surface area contributed by atoms with Gasteiger partial charge in [-0.25, -0.2) is 17.2 Å². The number of benzene rings is 2. The number of nitrogens with one attached hydrogen (secondary N) is 2. The van der Waals surface area contributed by atoms with Gasteiger partial charge in [-0.1, -0.05) is 6.07 Å². The van der Waals surface area contributed by atoms with Crippen molar-refractivity contribution in [3.05, 3.63) is 59.2 Å². The lowest BCUT2D eigenvalue weighted by molar-refractivity contribution is 0.583. The number of hydrogen-bond donors (Lipinski definition) is 2. The minimum Gasteiger partial charge on any atom is -0.309 e. The number of hydrogen-bond acceptors (Lipinski definition) is 3. The Morgan fingerprint density at radius 2 is 1.76 bits per heavy atom. The molecule has 0 fully saturated rings. The fourth-order valence-electron chi connectivity index (χ4n) is 2.21. The summed E-state index contributed by atoms with van der Waals surface area (Å²) in [6.45, 7) is 1.30. The van der Waals surface area contributed by atoms with Crippen molar-refractivity contribution in [2.75, 3.05) is 4.72 Å². The molecule has 0 saturated carbocycles. The van der Waals surface area contributed by atoms with Crippen LogP contribution in [-0.4, -0.2) is 8.42 Å². The molecule has 2 N–H and O–H groups in total. The summed E-state index contributed by atoms with van der Waals surface area (Å²) in [4.78, 5) is 0.0497. The zero-order valence-corrected chi connectivity index (χ0v) is 11.7. The molecule has 21 heavy (non-hydrogen) atoms. The number of sulfonamides is 1. The second-order valence-electron chi connectivity index (χ2n) is 4.76. The molecule has 1 aliphatic heterocycles. The van der Waals surface area contributed by atoms with Crippen LogP contribution in [0.5, 0.6) is 0 Å². The minimum atomic E-state index is -3.91. The van der Waals surface area contributed by atoms with Crippen molar-refractivity contribution in [2.45, 2.75) is 18.0 Å². The van der Waals surface area contributed by atoms with Crippen molar-refractivity contribution in [1.29, 1.82) is 0 Å². The van der Waals surface area contributed by atoms with Gasteiger partial charge in [-0.2, -0.15) is 0 Å². The van der Waals surface area contributed by atoms with Crippen molar-refractivity contribution in [3.63, 3.8) is 0 Å². The number of anilines is 1. The van der Waals surface area contributed by atoms with E-state index in [0.717, 1.165) is 23.3 Å². The molecule has 0 aromatic heterocycles. The van der Waals surface area contributed by atoms with Gasteiger partial charge in [0.15, 0.2) is 0 Å². The highest BCUT2D eigenvalue weighted by Crippen LogP contribution is 2.23. The van der Waals surface area contributed by atoms with Crippen molar-refractivity contribution in [3.8, 4) is 0 Å². The maximum atomic E-state index is 13.5. The Hall–Kier alpha value is -1.99. The molecule has 7 heteroatoms. The van der Waals surface area contributed by atoms with Gasteiger partial charge in [0.05, 0.1) is 10.6 Å². The van der Waals surface area contributed by atoms with Gasteiger partial charge in [0.25, 0.3) is 10.0 Å². The predicted molar refractivity (Wildman–Crippen MR) is 74.2 cm³/mol. The zero-order chi connectivity index (χ0) is 15.0. The van der Waals surface area contributed by atoms with Crippen molar-refractivity contribution in [1.82, 2.24) is 5.32 Å². The van der Waals surface area contributed by atoms with Gasteiger partial charge in [0.2, 0.25) is 0 Å². The van der Waals surface area contributed by atoms with E-state index in [-0.39, 0.29) is 10.6 Å². The third-order valence-electron chi connectivity index (χ3n) is 3.29. The molecule has 1 heterocycles. The molecule has 0 atom stereocenters. The monoisotopic (exact) mass is 310 g/mol. The van der Waals surface area contributed by atoms with Gasteiger partial charge in [-0.3, -0.25) is 4.72 Å². The highest BCUT2D eigenvalue weighted by molar-refractivity contribution is 7.92. The lowest BCUT2D eigenvalue weighted by Gasteiger charge is -2.10. The van der Waals surface area contributed by atoms with E-state index in [1.165, 1.54) is 6.07 Å². The van der Waals surface area contributed by atoms with Crippen molar-refractivity contribution in [2.24, 2.45) is 0 Å². The third-order valence-corrected chi connectivity index (χ3v) is 4.66. The predicted octanol–water partition coefficient (Wildman–Crippen LogP) is 2.37. The molecule has 0 saturated heterocycles. The summed E-state index contributed by atoms with van der Waals surface area (Å²) in [5.41, 5.74) is 1.66. The van der Waals surface area contributed by atoms with E-state index in [4.69, 9.17) is 0 Å². The molecule has 2 aromatic rings. The standard InChI is InChI=1S/C14H12F2N2O2S/c15-11-2-4-14(13(16)6-11)18-21(19,20)12-3-1-9-7-17-8-10(9)5-12/h1-6,17-18H,7-8H2. The lowest BCUT2D eigenvalue weighted by Crippen LogP contribution is -2.14. The van der Waals surface area contributed by atoms with E-state index in [9.17, 15) is 17.2 Å². The topological polar surface area (TPSA) is 58.2 Å². The molecule has 0 aliphatic carbocycles. The molecule has 0 spiro atoms. The largest absolute Gasteiger partial charge is 0.309 e.